The van der Waals surface area contributed by atoms with Crippen LogP contribution in [-0.4, -0.2) is 43.0 Å². The highest BCUT2D eigenvalue weighted by molar-refractivity contribution is 7.14. The lowest BCUT2D eigenvalue weighted by Crippen LogP contribution is -2.54. The number of nitrogen functional groups attached to an aromatic ring is 1. The Hall–Kier alpha value is -3.70. The van der Waals surface area contributed by atoms with Crippen molar-refractivity contribution < 1.29 is 26.7 Å². The molecule has 2 aliphatic heterocycles. The van der Waals surface area contributed by atoms with Crippen LogP contribution in [0, 0.1) is 17.1 Å². The number of fused-ring (bicyclic) bond motifs is 3. The maximum absolute atomic E-state index is 16.1. The summed E-state index contributed by atoms with van der Waals surface area (Å²) in [5, 5.41) is 12.4. The second-order valence-electron chi connectivity index (χ2n) is 9.01. The van der Waals surface area contributed by atoms with E-state index in [0.29, 0.717) is 24.3 Å². The number of methoxy groups -OCH3 is 1. The second kappa shape index (κ2) is 9.56. The summed E-state index contributed by atoms with van der Waals surface area (Å²) >= 11 is 0.653. The molecule has 0 radical (unpaired) electrons. The first-order valence-corrected chi connectivity index (χ1v) is 12.4. The van der Waals surface area contributed by atoms with E-state index in [2.05, 4.69) is 21.8 Å². The average molecular weight is 546 g/mol. The molecule has 0 amide bonds. The van der Waals surface area contributed by atoms with Gasteiger partial charge in [0, 0.05) is 35.2 Å². The molecule has 1 unspecified atom stereocenters. The van der Waals surface area contributed by atoms with Gasteiger partial charge in [-0.05, 0) is 24.6 Å². The number of benzene rings is 1. The lowest BCUT2D eigenvalue weighted by molar-refractivity contribution is -0.137. The van der Waals surface area contributed by atoms with E-state index in [9.17, 15) is 22.8 Å². The van der Waals surface area contributed by atoms with Crippen LogP contribution in [0.4, 0.5) is 32.8 Å². The number of hydrogen-bond donors (Lipinski definition) is 2. The number of ether oxygens (including phenoxy) is 1. The van der Waals surface area contributed by atoms with Crippen molar-refractivity contribution >= 4 is 51.8 Å². The minimum atomic E-state index is -5.00. The number of alkyl halides is 3. The third-order valence-corrected chi connectivity index (χ3v) is 7.74. The van der Waals surface area contributed by atoms with Crippen LogP contribution in [0.5, 0.6) is 6.01 Å². The van der Waals surface area contributed by atoms with Crippen LogP contribution in [0.2, 0.25) is 6.32 Å². The van der Waals surface area contributed by atoms with Gasteiger partial charge in [0.05, 0.1) is 22.8 Å². The number of anilines is 2. The van der Waals surface area contributed by atoms with Gasteiger partial charge >= 0.3 is 12.2 Å². The fraction of sp³-hybridized carbons (Fsp3) is 0.292. The molecule has 2 fully saturated rings. The van der Waals surface area contributed by atoms with Crippen molar-refractivity contribution in [3.63, 3.8) is 0 Å². The molecule has 0 aliphatic carbocycles. The maximum atomic E-state index is 16.1. The zero-order valence-corrected chi connectivity index (χ0v) is 20.8. The zero-order valence-electron chi connectivity index (χ0n) is 20.0. The number of halogens is 5. The van der Waals surface area contributed by atoms with Crippen LogP contribution in [-0.2, 0) is 6.18 Å². The van der Waals surface area contributed by atoms with Gasteiger partial charge in [0.15, 0.2) is 5.82 Å². The van der Waals surface area contributed by atoms with Crippen molar-refractivity contribution in [2.75, 3.05) is 30.7 Å². The van der Waals surface area contributed by atoms with Crippen LogP contribution < -0.4 is 30.3 Å². The first kappa shape index (κ1) is 25.9. The second-order valence-corrected chi connectivity index (χ2v) is 10.1. The van der Waals surface area contributed by atoms with Crippen LogP contribution in [0.1, 0.15) is 23.1 Å². The van der Waals surface area contributed by atoms with E-state index in [1.165, 1.54) is 7.11 Å². The monoisotopic (exact) mass is 546 g/mol. The van der Waals surface area contributed by atoms with Crippen molar-refractivity contribution in [2.45, 2.75) is 25.0 Å². The molecule has 1 aromatic carbocycles. The zero-order chi connectivity index (χ0) is 27.4. The van der Waals surface area contributed by atoms with E-state index < -0.39 is 34.5 Å². The highest BCUT2D eigenvalue weighted by Gasteiger charge is 2.39. The summed E-state index contributed by atoms with van der Waals surface area (Å²) in [4.78, 5) is 10.1. The van der Waals surface area contributed by atoms with Crippen molar-refractivity contribution in [3.05, 3.63) is 51.0 Å². The largest absolute Gasteiger partial charge is 0.467 e. The molecular formula is C24H20BF5N6OS. The molecule has 0 saturated carbocycles. The number of nitriles is 1. The molecule has 1 atom stereocenters. The Morgan fingerprint density at radius 3 is 2.82 bits per heavy atom. The molecule has 196 valence electrons. The first-order chi connectivity index (χ1) is 18.0. The normalized spacial score (nSPS) is 18.7. The number of aromatic nitrogens is 2. The van der Waals surface area contributed by atoms with Gasteiger partial charge in [-0.25, -0.2) is 8.78 Å². The van der Waals surface area contributed by atoms with Crippen LogP contribution in [0.15, 0.2) is 18.7 Å². The number of nitrogens with zero attached hydrogens (tertiary/aromatic N) is 4. The maximum Gasteiger partial charge on any atom is 0.417 e. The number of allylic oxidation sites excluding steroid dienone is 1. The molecule has 2 saturated heterocycles. The molecule has 0 spiro atoms. The van der Waals surface area contributed by atoms with E-state index in [0.717, 1.165) is 31.0 Å². The lowest BCUT2D eigenvalue weighted by Gasteiger charge is -2.33. The smallest absolute Gasteiger partial charge is 0.417 e. The van der Waals surface area contributed by atoms with Gasteiger partial charge in [0.2, 0.25) is 6.85 Å². The van der Waals surface area contributed by atoms with E-state index in [4.69, 9.17) is 10.5 Å². The quantitative estimate of drug-likeness (QED) is 0.383. The third-order valence-electron chi connectivity index (χ3n) is 6.70. The fourth-order valence-electron chi connectivity index (χ4n) is 5.01. The van der Waals surface area contributed by atoms with Crippen molar-refractivity contribution in [1.29, 1.82) is 5.26 Å². The van der Waals surface area contributed by atoms with Gasteiger partial charge < -0.3 is 20.6 Å². The molecular weight excluding hydrogens is 526 g/mol. The summed E-state index contributed by atoms with van der Waals surface area (Å²) in [5.41, 5.74) is 2.91. The van der Waals surface area contributed by atoms with E-state index in [-0.39, 0.29) is 50.4 Å². The van der Waals surface area contributed by atoms with Gasteiger partial charge in [-0.1, -0.05) is 12.9 Å². The van der Waals surface area contributed by atoms with Crippen LogP contribution >= 0.6 is 11.3 Å². The minimum Gasteiger partial charge on any atom is -0.467 e. The standard InChI is InChI=1S/C24H20BF5N6OS/c1-3-17(26)20-12(15(8-31)21(32)38-20)6-13-16(24(28,29)30)7-14-19(18(13)27)33-23(37-2)34-22(14)36-9-11-4-5-25(10-36)35-11/h3,6-7,11,35H,1,4-5,9-10,32H2,2H3/b12-6+,20-17-. The SMILES string of the molecule is C=C/C(F)=c1/sc(N)c(C#N)/c1=C\c1c(C(F)(F)F)cc2c(N3CB4CCC(C3)N4)nc(OC)nc2c1F. The summed E-state index contributed by atoms with van der Waals surface area (Å²) in [5.74, 6) is -2.09. The molecule has 7 nitrogen and oxygen atoms in total. The highest BCUT2D eigenvalue weighted by Crippen LogP contribution is 2.40. The predicted octanol–water partition coefficient (Wildman–Crippen LogP) is 3.12. The number of nitrogens with one attached hydrogen (secondary N) is 1. The Morgan fingerprint density at radius 2 is 2.18 bits per heavy atom. The summed E-state index contributed by atoms with van der Waals surface area (Å²) < 4.78 is 78.6. The van der Waals surface area contributed by atoms with Gasteiger partial charge in [0.1, 0.15) is 28.2 Å². The molecule has 2 aromatic heterocycles. The molecule has 5 rings (SSSR count). The van der Waals surface area contributed by atoms with Crippen LogP contribution in [0.3, 0.4) is 0 Å². The fourth-order valence-corrected chi connectivity index (χ4v) is 5.94. The molecule has 38 heavy (non-hydrogen) atoms. The van der Waals surface area contributed by atoms with Gasteiger partial charge in [-0.15, -0.1) is 11.3 Å². The number of hydrogen-bond acceptors (Lipinski definition) is 8. The number of thiophene rings is 1. The number of nitrogens with two attached hydrogens (primary N) is 1. The molecule has 2 aliphatic rings. The van der Waals surface area contributed by atoms with Crippen molar-refractivity contribution in [2.24, 2.45) is 0 Å². The average Bonchev–Trinajstić information content (AvgIpc) is 3.40. The van der Waals surface area contributed by atoms with E-state index >= 15 is 4.39 Å². The third kappa shape index (κ3) is 4.35. The molecule has 3 aromatic rings. The lowest BCUT2D eigenvalue weighted by atomic mass is 9.61. The summed E-state index contributed by atoms with van der Waals surface area (Å²) in [6, 6.07) is 2.47. The first-order valence-electron chi connectivity index (χ1n) is 11.5. The Kier molecular flexibility index (Phi) is 6.52. The van der Waals surface area contributed by atoms with E-state index in [1.807, 2.05) is 4.90 Å². The Bertz CT molecular complexity index is 1620. The van der Waals surface area contributed by atoms with Gasteiger partial charge in [-0.2, -0.15) is 28.4 Å². The highest BCUT2D eigenvalue weighted by atomic mass is 32.1. The Labute approximate surface area is 217 Å². The minimum absolute atomic E-state index is 0.125. The Morgan fingerprint density at radius 1 is 1.42 bits per heavy atom. The molecule has 14 heteroatoms. The Balaban J connectivity index is 1.86. The topological polar surface area (TPSA) is 100 Å². The summed E-state index contributed by atoms with van der Waals surface area (Å²) in [7, 11) is 1.27. The van der Waals surface area contributed by atoms with Crippen molar-refractivity contribution in [3.8, 4) is 12.1 Å². The molecule has 2 bridgehead atoms. The summed E-state index contributed by atoms with van der Waals surface area (Å²) in [6.45, 7) is 3.92. The van der Waals surface area contributed by atoms with Gasteiger partial charge in [-0.3, -0.25) is 0 Å². The van der Waals surface area contributed by atoms with Crippen LogP contribution in [0.25, 0.3) is 22.8 Å². The molecule has 3 N–H and O–H groups in total. The van der Waals surface area contributed by atoms with Crippen molar-refractivity contribution in [1.82, 2.24) is 15.2 Å². The predicted molar refractivity (Wildman–Crippen MR) is 136 cm³/mol. The summed E-state index contributed by atoms with van der Waals surface area (Å²) in [6.07, 6.45) is -1.10. The van der Waals surface area contributed by atoms with E-state index in [1.54, 1.807) is 6.07 Å². The number of rotatable bonds is 4. The van der Waals surface area contributed by atoms with Gasteiger partial charge in [0.25, 0.3) is 0 Å². The molecule has 4 heterocycles.